The summed E-state index contributed by atoms with van der Waals surface area (Å²) in [6.07, 6.45) is 14.3. The quantitative estimate of drug-likeness (QED) is 0.187. The summed E-state index contributed by atoms with van der Waals surface area (Å²) in [4.78, 5) is 21.2. The molecule has 0 bridgehead atoms. The third-order valence-electron chi connectivity index (χ3n) is 8.65. The molecular formula is C36H57O3P. The summed E-state index contributed by atoms with van der Waals surface area (Å²) in [5, 5.41) is 0. The summed E-state index contributed by atoms with van der Waals surface area (Å²) in [7, 11) is -2.57. The predicted molar refractivity (Wildman–Crippen MR) is 172 cm³/mol. The van der Waals surface area contributed by atoms with Crippen LogP contribution in [0.25, 0.3) is 0 Å². The largest absolute Gasteiger partial charge is 0.328 e. The van der Waals surface area contributed by atoms with E-state index in [1.165, 1.54) is 95.9 Å². The van der Waals surface area contributed by atoms with Crippen molar-refractivity contribution in [1.29, 1.82) is 0 Å². The van der Waals surface area contributed by atoms with Crippen molar-refractivity contribution in [2.45, 2.75) is 156 Å². The normalized spacial score (nSPS) is 14.9. The number of hydrogen-bond donors (Lipinski definition) is 2. The van der Waals surface area contributed by atoms with E-state index in [1.54, 1.807) is 0 Å². The van der Waals surface area contributed by atoms with Gasteiger partial charge in [0.05, 0.1) is 0 Å². The van der Waals surface area contributed by atoms with Crippen LogP contribution in [-0.4, -0.2) is 9.79 Å². The van der Waals surface area contributed by atoms with Gasteiger partial charge in [-0.3, -0.25) is 4.52 Å². The van der Waals surface area contributed by atoms with Gasteiger partial charge in [-0.15, -0.1) is 0 Å². The zero-order chi connectivity index (χ0) is 29.7. The third kappa shape index (κ3) is 7.97. The molecule has 0 atom stereocenters. The minimum atomic E-state index is -2.57. The Bertz CT molecular complexity index is 1050. The number of fused-ring (bicyclic) bond motifs is 2. The van der Waals surface area contributed by atoms with E-state index in [1.807, 2.05) is 0 Å². The first-order valence-electron chi connectivity index (χ1n) is 15.9. The highest BCUT2D eigenvalue weighted by Gasteiger charge is 2.48. The summed E-state index contributed by atoms with van der Waals surface area (Å²) in [6, 6.07) is 9.23. The van der Waals surface area contributed by atoms with E-state index in [9.17, 15) is 9.79 Å². The molecule has 2 N–H and O–H groups in total. The maximum absolute atomic E-state index is 10.6. The zero-order valence-electron chi connectivity index (χ0n) is 27.0. The molecule has 3 nitrogen and oxygen atoms in total. The molecule has 0 unspecified atom stereocenters. The second kappa shape index (κ2) is 13.8. The van der Waals surface area contributed by atoms with Crippen LogP contribution < -0.4 is 0 Å². The number of rotatable bonds is 13. The summed E-state index contributed by atoms with van der Waals surface area (Å²) >= 11 is 0. The third-order valence-corrected chi connectivity index (χ3v) is 9.13. The Labute approximate surface area is 247 Å². The molecule has 3 rings (SSSR count). The van der Waals surface area contributed by atoms with Crippen molar-refractivity contribution < 1.29 is 14.3 Å². The lowest BCUT2D eigenvalue weighted by Gasteiger charge is -2.46. The molecule has 0 spiro atoms. The van der Waals surface area contributed by atoms with Gasteiger partial charge in [0.25, 0.3) is 0 Å². The zero-order valence-corrected chi connectivity index (χ0v) is 27.9. The average Bonchev–Trinajstić information content (AvgIpc) is 2.82. The Balaban J connectivity index is 2.08. The van der Waals surface area contributed by atoms with E-state index < -0.39 is 14.2 Å². The molecule has 224 valence electrons. The van der Waals surface area contributed by atoms with Crippen LogP contribution in [0.1, 0.15) is 164 Å². The molecule has 1 aliphatic rings. The minimum absolute atomic E-state index is 0.111. The van der Waals surface area contributed by atoms with Gasteiger partial charge in [-0.25, -0.2) is 0 Å². The smallest absolute Gasteiger partial charge is 0.328 e. The minimum Gasteiger partial charge on any atom is -0.328 e. The van der Waals surface area contributed by atoms with E-state index in [4.69, 9.17) is 4.52 Å². The number of benzene rings is 2. The van der Waals surface area contributed by atoms with Crippen LogP contribution in [0.5, 0.6) is 0 Å². The number of aryl methyl sites for hydroxylation is 2. The standard InChI is InChI=1S/C36H57O3P/c1-10-11-12-13-14-15-16-17-18-19-20-36(39-40(37)38)32-28(21-26(2)23-30(32)34(4,5)6)25-29-22-27(3)24-31(33(29)36)35(7,8)9/h21-24,37-38H,10-20,25H2,1-9H3. The molecule has 0 heterocycles. The first kappa shape index (κ1) is 33.3. The van der Waals surface area contributed by atoms with Gasteiger partial charge in [0.1, 0.15) is 5.60 Å². The SMILES string of the molecule is CCCCCCCCCCCCC1(OP(O)O)c2c(cc(C)cc2C(C)(C)C)Cc2cc(C)cc(C(C)(C)C)c21. The van der Waals surface area contributed by atoms with Gasteiger partial charge < -0.3 is 9.79 Å². The van der Waals surface area contributed by atoms with Crippen molar-refractivity contribution in [1.82, 2.24) is 0 Å². The molecule has 0 amide bonds. The Hall–Kier alpha value is -1.25. The van der Waals surface area contributed by atoms with Crippen LogP contribution in [0.3, 0.4) is 0 Å². The van der Waals surface area contributed by atoms with E-state index in [0.717, 1.165) is 25.7 Å². The molecular weight excluding hydrogens is 511 g/mol. The van der Waals surface area contributed by atoms with Gasteiger partial charge in [0, 0.05) is 0 Å². The fourth-order valence-corrected chi connectivity index (χ4v) is 7.41. The fourth-order valence-electron chi connectivity index (χ4n) is 6.86. The van der Waals surface area contributed by atoms with Gasteiger partial charge in [0.2, 0.25) is 0 Å². The Morgan fingerprint density at radius 1 is 0.675 bits per heavy atom. The van der Waals surface area contributed by atoms with Crippen LogP contribution in [0.2, 0.25) is 0 Å². The van der Waals surface area contributed by atoms with Gasteiger partial charge in [0.15, 0.2) is 0 Å². The highest BCUT2D eigenvalue weighted by atomic mass is 31.2. The highest BCUT2D eigenvalue weighted by Crippen LogP contribution is 2.56. The van der Waals surface area contributed by atoms with Crippen LogP contribution in [0, 0.1) is 13.8 Å². The number of hydrogen-bond acceptors (Lipinski definition) is 3. The van der Waals surface area contributed by atoms with Gasteiger partial charge in [-0.1, -0.05) is 142 Å². The number of unbranched alkanes of at least 4 members (excludes halogenated alkanes) is 9. The van der Waals surface area contributed by atoms with E-state index in [2.05, 4.69) is 86.6 Å². The lowest BCUT2D eigenvalue weighted by Crippen LogP contribution is -2.40. The van der Waals surface area contributed by atoms with Crippen LogP contribution >= 0.6 is 8.60 Å². The summed E-state index contributed by atoms with van der Waals surface area (Å²) in [6.45, 7) is 20.2. The molecule has 0 aliphatic heterocycles. The molecule has 40 heavy (non-hydrogen) atoms. The predicted octanol–water partition coefficient (Wildman–Crippen LogP) is 10.6. The second-order valence-electron chi connectivity index (χ2n) is 14.5. The highest BCUT2D eigenvalue weighted by molar-refractivity contribution is 7.39. The average molecular weight is 569 g/mol. The van der Waals surface area contributed by atoms with Gasteiger partial charge >= 0.3 is 8.60 Å². The molecule has 4 heteroatoms. The van der Waals surface area contributed by atoms with Crippen molar-refractivity contribution in [3.05, 3.63) is 68.8 Å². The molecule has 2 aromatic carbocycles. The van der Waals surface area contributed by atoms with E-state index in [0.29, 0.717) is 0 Å². The molecule has 2 aromatic rings. The summed E-state index contributed by atoms with van der Waals surface area (Å²) in [5.74, 6) is 0. The van der Waals surface area contributed by atoms with Crippen molar-refractivity contribution in [2.24, 2.45) is 0 Å². The maximum Gasteiger partial charge on any atom is 0.328 e. The van der Waals surface area contributed by atoms with Crippen molar-refractivity contribution >= 4 is 8.60 Å². The first-order valence-corrected chi connectivity index (χ1v) is 17.0. The van der Waals surface area contributed by atoms with Crippen molar-refractivity contribution in [3.8, 4) is 0 Å². The Morgan fingerprint density at radius 3 is 1.45 bits per heavy atom. The summed E-state index contributed by atoms with van der Waals surface area (Å²) < 4.78 is 6.54. The monoisotopic (exact) mass is 568 g/mol. The lowest BCUT2D eigenvalue weighted by atomic mass is 9.63. The van der Waals surface area contributed by atoms with Crippen LogP contribution in [-0.2, 0) is 27.4 Å². The van der Waals surface area contributed by atoms with Gasteiger partial charge in [-0.05, 0) is 77.3 Å². The maximum atomic E-state index is 10.6. The first-order chi connectivity index (χ1) is 18.7. The molecule has 0 saturated carbocycles. The summed E-state index contributed by atoms with van der Waals surface area (Å²) in [5.41, 5.74) is 8.82. The molecule has 0 aromatic heterocycles. The molecule has 0 saturated heterocycles. The van der Waals surface area contributed by atoms with Crippen LogP contribution in [0.4, 0.5) is 0 Å². The fraction of sp³-hybridized carbons (Fsp3) is 0.667. The van der Waals surface area contributed by atoms with Crippen molar-refractivity contribution in [3.63, 3.8) is 0 Å². The molecule has 1 aliphatic carbocycles. The van der Waals surface area contributed by atoms with E-state index in [-0.39, 0.29) is 10.8 Å². The van der Waals surface area contributed by atoms with E-state index >= 15 is 0 Å². The molecule has 0 fully saturated rings. The van der Waals surface area contributed by atoms with Crippen LogP contribution in [0.15, 0.2) is 24.3 Å². The Morgan fingerprint density at radius 2 is 1.07 bits per heavy atom. The lowest BCUT2D eigenvalue weighted by molar-refractivity contribution is 0.0718. The Kier molecular flexibility index (Phi) is 11.5. The topological polar surface area (TPSA) is 49.7 Å². The second-order valence-corrected chi connectivity index (χ2v) is 15.2. The van der Waals surface area contributed by atoms with Gasteiger partial charge in [-0.2, -0.15) is 0 Å². The molecule has 0 radical (unpaired) electrons. The van der Waals surface area contributed by atoms with Crippen molar-refractivity contribution in [2.75, 3.05) is 0 Å².